The number of nitrogens with zero attached hydrogens (tertiary/aromatic N) is 1. The van der Waals surface area contributed by atoms with Crippen molar-refractivity contribution in [3.05, 3.63) is 71.2 Å². The van der Waals surface area contributed by atoms with Gasteiger partial charge in [-0.3, -0.25) is 0 Å². The van der Waals surface area contributed by atoms with Gasteiger partial charge in [0.15, 0.2) is 6.20 Å². The fourth-order valence-corrected chi connectivity index (χ4v) is 2.10. The van der Waals surface area contributed by atoms with Crippen LogP contribution in [0.15, 0.2) is 54.7 Å². The van der Waals surface area contributed by atoms with Gasteiger partial charge >= 0.3 is 16.9 Å². The molecule has 4 heteroatoms. The van der Waals surface area contributed by atoms with Crippen LogP contribution in [-0.2, 0) is 15.9 Å². The van der Waals surface area contributed by atoms with Crippen molar-refractivity contribution in [2.45, 2.75) is 5.25 Å². The molecule has 0 amide bonds. The van der Waals surface area contributed by atoms with E-state index in [0.29, 0.717) is 17.4 Å². The first-order chi connectivity index (χ1) is 7.83. The monoisotopic (exact) mass is 232 g/mol. The zero-order valence-corrected chi connectivity index (χ0v) is 9.26. The van der Waals surface area contributed by atoms with Crippen molar-refractivity contribution in [3.63, 3.8) is 0 Å². The molecule has 3 nitrogen and oxygen atoms in total. The lowest BCUT2D eigenvalue weighted by molar-refractivity contribution is -0.613. The Balaban J connectivity index is 2.45. The highest BCUT2D eigenvalue weighted by Crippen LogP contribution is 2.20. The van der Waals surface area contributed by atoms with Gasteiger partial charge in [-0.15, -0.1) is 0 Å². The highest BCUT2D eigenvalue weighted by Gasteiger charge is 2.33. The highest BCUT2D eigenvalue weighted by atomic mass is 32.1. The van der Waals surface area contributed by atoms with Gasteiger partial charge in [0, 0.05) is 21.9 Å². The Hall–Kier alpha value is -1.81. The second kappa shape index (κ2) is 4.81. The van der Waals surface area contributed by atoms with E-state index >= 15 is 0 Å². The predicted octanol–water partition coefficient (Wildman–Crippen LogP) is 1.84. The summed E-state index contributed by atoms with van der Waals surface area (Å²) in [6.45, 7) is 0. The summed E-state index contributed by atoms with van der Waals surface area (Å²) in [4.78, 5) is 0. The fraction of sp³-hybridized carbons (Fsp3) is 0.0833. The standard InChI is InChI=1S/C12H10NO2S/c14-13-9-5-4-8-11(13)12(16-15)10-6-2-1-3-7-10/h1-9,12H/q+1. The molecule has 0 spiro atoms. The molecule has 2 rings (SSSR count). The van der Waals surface area contributed by atoms with Crippen molar-refractivity contribution in [3.8, 4) is 0 Å². The van der Waals surface area contributed by atoms with Crippen LogP contribution in [0.25, 0.3) is 0 Å². The summed E-state index contributed by atoms with van der Waals surface area (Å²) in [6, 6.07) is 14.4. The third-order valence-corrected chi connectivity index (χ3v) is 3.03. The van der Waals surface area contributed by atoms with Gasteiger partial charge in [0.1, 0.15) is 0 Å². The van der Waals surface area contributed by atoms with Crippen molar-refractivity contribution in [2.24, 2.45) is 0 Å². The lowest BCUT2D eigenvalue weighted by atomic mass is 10.1. The van der Waals surface area contributed by atoms with Gasteiger partial charge in [-0.2, -0.15) is 4.73 Å². The van der Waals surface area contributed by atoms with Crippen LogP contribution in [-0.4, -0.2) is 0 Å². The van der Waals surface area contributed by atoms with Crippen LogP contribution >= 0.6 is 0 Å². The van der Waals surface area contributed by atoms with Crippen molar-refractivity contribution in [2.75, 3.05) is 0 Å². The maximum absolute atomic E-state index is 11.6. The molecule has 1 aromatic carbocycles. The molecule has 0 saturated carbocycles. The molecular formula is C12H10NO2S+. The van der Waals surface area contributed by atoms with E-state index in [9.17, 15) is 9.42 Å². The first-order valence-electron chi connectivity index (χ1n) is 4.84. The maximum atomic E-state index is 11.6. The molecule has 1 heterocycles. The summed E-state index contributed by atoms with van der Waals surface area (Å²) in [5.41, 5.74) is 1.31. The molecule has 1 aromatic heterocycles. The summed E-state index contributed by atoms with van der Waals surface area (Å²) < 4.78 is 11.9. The Morgan fingerprint density at radius 1 is 1.06 bits per heavy atom. The Kier molecular flexibility index (Phi) is 3.22. The van der Waals surface area contributed by atoms with E-state index < -0.39 is 5.25 Å². The largest absolute Gasteiger partial charge is 0.618 e. The molecule has 2 aromatic rings. The fourth-order valence-electron chi connectivity index (χ4n) is 1.55. The van der Waals surface area contributed by atoms with E-state index in [1.54, 1.807) is 18.2 Å². The van der Waals surface area contributed by atoms with Crippen LogP contribution in [0.4, 0.5) is 0 Å². The van der Waals surface area contributed by atoms with Gasteiger partial charge in [-0.05, 0) is 6.07 Å². The van der Waals surface area contributed by atoms with Gasteiger partial charge in [-0.25, -0.2) is 0 Å². The average Bonchev–Trinajstić information content (AvgIpc) is 2.34. The molecule has 0 N–H and O–H groups in total. The molecule has 0 fully saturated rings. The smallest absolute Gasteiger partial charge is 0.479 e. The van der Waals surface area contributed by atoms with Crippen LogP contribution in [0.1, 0.15) is 16.5 Å². The molecule has 1 atom stereocenters. The second-order valence-electron chi connectivity index (χ2n) is 3.34. The van der Waals surface area contributed by atoms with Crippen molar-refractivity contribution in [1.29, 1.82) is 0 Å². The van der Waals surface area contributed by atoms with E-state index in [4.69, 9.17) is 0 Å². The number of hydrogen-bond acceptors (Lipinski definition) is 2. The van der Waals surface area contributed by atoms with E-state index in [1.807, 2.05) is 30.3 Å². The van der Waals surface area contributed by atoms with Crippen molar-refractivity contribution < 1.29 is 8.94 Å². The zero-order valence-electron chi connectivity index (χ0n) is 8.45. The molecular weight excluding hydrogens is 222 g/mol. The van der Waals surface area contributed by atoms with Gasteiger partial charge in [0.25, 0.3) is 5.69 Å². The minimum atomic E-state index is -0.458. The third-order valence-electron chi connectivity index (χ3n) is 2.32. The Labute approximate surface area is 97.4 Å². The van der Waals surface area contributed by atoms with Crippen LogP contribution in [0.3, 0.4) is 0 Å². The lowest BCUT2D eigenvalue weighted by Gasteiger charge is -2.03. The Morgan fingerprint density at radius 2 is 1.75 bits per heavy atom. The van der Waals surface area contributed by atoms with Crippen LogP contribution in [0.5, 0.6) is 0 Å². The summed E-state index contributed by atoms with van der Waals surface area (Å²) in [7, 11) is 0. The summed E-state index contributed by atoms with van der Waals surface area (Å²) in [5.74, 6) is 0. The van der Waals surface area contributed by atoms with Crippen molar-refractivity contribution in [1.82, 2.24) is 0 Å². The van der Waals surface area contributed by atoms with E-state index in [1.165, 1.54) is 6.20 Å². The van der Waals surface area contributed by atoms with Gasteiger partial charge < -0.3 is 5.21 Å². The number of hydrogen-bond donors (Lipinski definition) is 0. The molecule has 0 aliphatic carbocycles. The highest BCUT2D eigenvalue weighted by molar-refractivity contribution is 7.66. The molecule has 0 aliphatic rings. The topological polar surface area (TPSA) is 44.0 Å². The SMILES string of the molecule is O=[S+]C(c1ccccc1)c1cccc[n+]1[O-]. The Morgan fingerprint density at radius 3 is 2.38 bits per heavy atom. The summed E-state index contributed by atoms with van der Waals surface area (Å²) in [5, 5.41) is 11.1. The molecule has 1 unspecified atom stereocenters. The quantitative estimate of drug-likeness (QED) is 0.460. The van der Waals surface area contributed by atoms with Crippen LogP contribution < -0.4 is 4.73 Å². The number of rotatable bonds is 3. The normalized spacial score (nSPS) is 12.0. The van der Waals surface area contributed by atoms with Crippen molar-refractivity contribution >= 4 is 11.7 Å². The minimum Gasteiger partial charge on any atom is -0.618 e. The average molecular weight is 232 g/mol. The second-order valence-corrected chi connectivity index (χ2v) is 4.00. The van der Waals surface area contributed by atoms with E-state index in [0.717, 1.165) is 10.3 Å². The van der Waals surface area contributed by atoms with Gasteiger partial charge in [0.2, 0.25) is 0 Å². The molecule has 0 radical (unpaired) electrons. The summed E-state index contributed by atoms with van der Waals surface area (Å²) in [6.07, 6.45) is 1.40. The molecule has 16 heavy (non-hydrogen) atoms. The van der Waals surface area contributed by atoms with Gasteiger partial charge in [0.05, 0.1) is 0 Å². The molecule has 80 valence electrons. The van der Waals surface area contributed by atoms with Crippen LogP contribution in [0, 0.1) is 5.21 Å². The zero-order chi connectivity index (χ0) is 11.4. The molecule has 0 aliphatic heterocycles. The van der Waals surface area contributed by atoms with Crippen LogP contribution in [0.2, 0.25) is 0 Å². The number of aromatic nitrogens is 1. The van der Waals surface area contributed by atoms with Gasteiger partial charge in [-0.1, -0.05) is 30.3 Å². The lowest BCUT2D eigenvalue weighted by Crippen LogP contribution is -2.32. The molecule has 0 saturated heterocycles. The minimum absolute atomic E-state index is 0.419. The first-order valence-corrected chi connectivity index (χ1v) is 5.65. The number of benzene rings is 1. The van der Waals surface area contributed by atoms with E-state index in [2.05, 4.69) is 0 Å². The first kappa shape index (κ1) is 10.7. The maximum Gasteiger partial charge on any atom is 0.479 e. The summed E-state index contributed by atoms with van der Waals surface area (Å²) >= 11 is 0.419. The van der Waals surface area contributed by atoms with E-state index in [-0.39, 0.29) is 0 Å². The number of pyridine rings is 1. The predicted molar refractivity (Wildman–Crippen MR) is 61.7 cm³/mol. The third kappa shape index (κ3) is 2.06. The Bertz CT molecular complexity index is 487. The molecule has 0 bridgehead atoms.